The molecule has 0 radical (unpaired) electrons. The minimum absolute atomic E-state index is 0.120. The van der Waals surface area contributed by atoms with E-state index in [1.165, 1.54) is 0 Å². The zero-order chi connectivity index (χ0) is 16.7. The maximum atomic E-state index is 14.0. The van der Waals surface area contributed by atoms with E-state index in [0.29, 0.717) is 4.57 Å². The molecule has 23 heavy (non-hydrogen) atoms. The molecule has 1 fully saturated rings. The zero-order valence-electron chi connectivity index (χ0n) is 12.3. The van der Waals surface area contributed by atoms with E-state index in [4.69, 9.17) is 0 Å². The maximum absolute atomic E-state index is 14.0. The number of carbonyl (C=O) groups is 1. The van der Waals surface area contributed by atoms with E-state index < -0.39 is 40.3 Å². The summed E-state index contributed by atoms with van der Waals surface area (Å²) < 4.78 is 32.6. The van der Waals surface area contributed by atoms with Crippen molar-refractivity contribution in [2.45, 2.75) is 25.3 Å². The molecule has 1 aliphatic rings. The first-order valence-corrected chi connectivity index (χ1v) is 7.14. The molecule has 1 aliphatic carbocycles. The Bertz CT molecular complexity index is 899. The summed E-state index contributed by atoms with van der Waals surface area (Å²) in [6.45, 7) is 0. The summed E-state index contributed by atoms with van der Waals surface area (Å²) in [5.41, 5.74) is -2.02. The van der Waals surface area contributed by atoms with Gasteiger partial charge < -0.3 is 9.72 Å². The molecule has 0 spiro atoms. The number of hydrogen-bond donors (Lipinski definition) is 1. The second kappa shape index (κ2) is 5.60. The highest BCUT2D eigenvalue weighted by Gasteiger charge is 2.33. The van der Waals surface area contributed by atoms with Crippen molar-refractivity contribution >= 4 is 16.9 Å². The van der Waals surface area contributed by atoms with Crippen LogP contribution in [0.2, 0.25) is 0 Å². The van der Waals surface area contributed by atoms with E-state index in [1.807, 2.05) is 0 Å². The number of halogens is 2. The van der Waals surface area contributed by atoms with Crippen LogP contribution in [0.15, 0.2) is 21.7 Å². The Morgan fingerprint density at radius 1 is 1.39 bits per heavy atom. The second-order valence-electron chi connectivity index (χ2n) is 5.61. The third kappa shape index (κ3) is 2.64. The van der Waals surface area contributed by atoms with Gasteiger partial charge in [-0.2, -0.15) is 0 Å². The quantitative estimate of drug-likeness (QED) is 0.864. The number of esters is 1. The van der Waals surface area contributed by atoms with Gasteiger partial charge in [0.1, 0.15) is 11.4 Å². The molecule has 3 rings (SSSR count). The van der Waals surface area contributed by atoms with Crippen LogP contribution in [0.5, 0.6) is 0 Å². The van der Waals surface area contributed by atoms with Crippen LogP contribution >= 0.6 is 0 Å². The molecular formula is C15H14F2N2O4. The third-order valence-corrected chi connectivity index (χ3v) is 4.03. The van der Waals surface area contributed by atoms with Crippen LogP contribution in [0, 0.1) is 17.6 Å². The molecule has 1 aromatic carbocycles. The van der Waals surface area contributed by atoms with Crippen molar-refractivity contribution in [1.29, 1.82) is 0 Å². The van der Waals surface area contributed by atoms with Gasteiger partial charge in [-0.15, -0.1) is 0 Å². The first-order valence-electron chi connectivity index (χ1n) is 7.14. The average molecular weight is 324 g/mol. The third-order valence-electron chi connectivity index (χ3n) is 4.03. The molecule has 1 unspecified atom stereocenters. The number of aromatic nitrogens is 2. The Hall–Kier alpha value is -2.51. The van der Waals surface area contributed by atoms with Gasteiger partial charge in [0.2, 0.25) is 0 Å². The summed E-state index contributed by atoms with van der Waals surface area (Å²) in [7, 11) is 1.14. The number of benzene rings is 1. The lowest BCUT2D eigenvalue weighted by Gasteiger charge is -2.17. The largest absolute Gasteiger partial charge is 0.467 e. The molecule has 2 aromatic rings. The zero-order valence-corrected chi connectivity index (χ0v) is 12.3. The summed E-state index contributed by atoms with van der Waals surface area (Å²) in [4.78, 5) is 39.0. The first-order chi connectivity index (χ1) is 10.9. The summed E-state index contributed by atoms with van der Waals surface area (Å²) in [6.07, 6.45) is 2.02. The summed E-state index contributed by atoms with van der Waals surface area (Å²) in [6, 6.07) is 0.768. The molecule has 0 saturated heterocycles. The molecule has 1 N–H and O–H groups in total. The molecule has 1 aromatic heterocycles. The molecule has 8 heteroatoms. The number of nitrogens with one attached hydrogen (secondary N) is 1. The van der Waals surface area contributed by atoms with Gasteiger partial charge in [0, 0.05) is 0 Å². The molecule has 0 bridgehead atoms. The smallest absolute Gasteiger partial charge is 0.329 e. The molecule has 1 saturated carbocycles. The van der Waals surface area contributed by atoms with Crippen molar-refractivity contribution in [2.24, 2.45) is 5.92 Å². The molecule has 0 amide bonds. The van der Waals surface area contributed by atoms with Crippen molar-refractivity contribution in [3.05, 3.63) is 44.6 Å². The molecule has 122 valence electrons. The number of methoxy groups -OCH3 is 1. The predicted octanol–water partition coefficient (Wildman–Crippen LogP) is 1.48. The van der Waals surface area contributed by atoms with Gasteiger partial charge in [-0.1, -0.05) is 12.8 Å². The highest BCUT2D eigenvalue weighted by molar-refractivity contribution is 5.79. The SMILES string of the molecule is COC(=O)C(CC1CC1)n1c(=O)[nH]c2ccc(F)c(F)c2c1=O. The van der Waals surface area contributed by atoms with E-state index in [-0.39, 0.29) is 17.9 Å². The van der Waals surface area contributed by atoms with Crippen LogP contribution in [0.3, 0.4) is 0 Å². The van der Waals surface area contributed by atoms with Crippen LogP contribution in [0.25, 0.3) is 10.9 Å². The van der Waals surface area contributed by atoms with E-state index in [9.17, 15) is 23.2 Å². The lowest BCUT2D eigenvalue weighted by Crippen LogP contribution is -2.42. The van der Waals surface area contributed by atoms with E-state index in [0.717, 1.165) is 32.1 Å². The Kier molecular flexibility index (Phi) is 3.75. The first kappa shape index (κ1) is 15.4. The lowest BCUT2D eigenvalue weighted by atomic mass is 10.1. The van der Waals surface area contributed by atoms with Gasteiger partial charge in [-0.05, 0) is 24.5 Å². The van der Waals surface area contributed by atoms with Crippen molar-refractivity contribution in [2.75, 3.05) is 7.11 Å². The number of fused-ring (bicyclic) bond motifs is 1. The molecule has 6 nitrogen and oxygen atoms in total. The monoisotopic (exact) mass is 324 g/mol. The van der Waals surface area contributed by atoms with E-state index in [2.05, 4.69) is 9.72 Å². The predicted molar refractivity (Wildman–Crippen MR) is 77.1 cm³/mol. The van der Waals surface area contributed by atoms with Gasteiger partial charge in [0.15, 0.2) is 11.6 Å². The highest BCUT2D eigenvalue weighted by Crippen LogP contribution is 2.36. The minimum Gasteiger partial charge on any atom is -0.467 e. The molecule has 1 heterocycles. The van der Waals surface area contributed by atoms with Crippen molar-refractivity contribution in [3.8, 4) is 0 Å². The highest BCUT2D eigenvalue weighted by atomic mass is 19.2. The second-order valence-corrected chi connectivity index (χ2v) is 5.61. The fourth-order valence-corrected chi connectivity index (χ4v) is 2.65. The van der Waals surface area contributed by atoms with Gasteiger partial charge >= 0.3 is 11.7 Å². The van der Waals surface area contributed by atoms with Crippen molar-refractivity contribution in [1.82, 2.24) is 9.55 Å². The van der Waals surface area contributed by atoms with Gasteiger partial charge in [0.25, 0.3) is 5.56 Å². The number of aromatic amines is 1. The fourth-order valence-electron chi connectivity index (χ4n) is 2.65. The molecule has 0 aliphatic heterocycles. The fraction of sp³-hybridized carbons (Fsp3) is 0.400. The van der Waals surface area contributed by atoms with Gasteiger partial charge in [-0.3, -0.25) is 4.79 Å². The van der Waals surface area contributed by atoms with Gasteiger partial charge in [0.05, 0.1) is 12.6 Å². The average Bonchev–Trinajstić information content (AvgIpc) is 3.33. The number of carbonyl (C=O) groups excluding carboxylic acids is 1. The standard InChI is InChI=1S/C15H14F2N2O4/c1-23-14(21)10(6-7-2-3-7)19-13(20)11-9(18-15(19)22)5-4-8(16)12(11)17/h4-5,7,10H,2-3,6H2,1H3,(H,18,22). The number of nitrogens with zero attached hydrogens (tertiary/aromatic N) is 1. The van der Waals surface area contributed by atoms with Crippen LogP contribution in [-0.2, 0) is 9.53 Å². The number of hydrogen-bond acceptors (Lipinski definition) is 4. The van der Waals surface area contributed by atoms with Crippen LogP contribution in [0.4, 0.5) is 8.78 Å². The van der Waals surface area contributed by atoms with Crippen LogP contribution < -0.4 is 11.2 Å². The van der Waals surface area contributed by atoms with Crippen LogP contribution in [-0.4, -0.2) is 22.6 Å². The summed E-state index contributed by atoms with van der Waals surface area (Å²) >= 11 is 0. The molecule has 1 atom stereocenters. The lowest BCUT2D eigenvalue weighted by molar-refractivity contribution is -0.145. The number of H-pyrrole nitrogens is 1. The number of ether oxygens (including phenoxy) is 1. The Balaban J connectivity index is 2.26. The van der Waals surface area contributed by atoms with Gasteiger partial charge in [-0.25, -0.2) is 22.9 Å². The minimum atomic E-state index is -1.35. The maximum Gasteiger partial charge on any atom is 0.329 e. The van der Waals surface area contributed by atoms with E-state index >= 15 is 0 Å². The van der Waals surface area contributed by atoms with Crippen molar-refractivity contribution < 1.29 is 18.3 Å². The number of rotatable bonds is 4. The summed E-state index contributed by atoms with van der Waals surface area (Å²) in [5.74, 6) is -3.11. The topological polar surface area (TPSA) is 81.2 Å². The Morgan fingerprint density at radius 2 is 2.09 bits per heavy atom. The van der Waals surface area contributed by atoms with Crippen molar-refractivity contribution in [3.63, 3.8) is 0 Å². The Labute approximate surface area is 128 Å². The van der Waals surface area contributed by atoms with E-state index in [1.54, 1.807) is 0 Å². The van der Waals surface area contributed by atoms with Crippen LogP contribution in [0.1, 0.15) is 25.3 Å². The molecular weight excluding hydrogens is 310 g/mol. The summed E-state index contributed by atoms with van der Waals surface area (Å²) in [5, 5.41) is -0.589. The Morgan fingerprint density at radius 3 is 2.70 bits per heavy atom. The normalized spacial score (nSPS) is 15.6.